The zero-order valence-corrected chi connectivity index (χ0v) is 11.8. The fourth-order valence-electron chi connectivity index (χ4n) is 1.93. The van der Waals surface area contributed by atoms with E-state index in [9.17, 15) is 19.0 Å². The minimum absolute atomic E-state index is 0.157. The lowest BCUT2D eigenvalue weighted by atomic mass is 10.1. The summed E-state index contributed by atoms with van der Waals surface area (Å²) < 4.78 is 33.2. The Bertz CT molecular complexity index is 718. The van der Waals surface area contributed by atoms with Crippen LogP contribution in [0.15, 0.2) is 11.3 Å². The van der Waals surface area contributed by atoms with E-state index in [0.717, 1.165) is 10.8 Å². The lowest BCUT2D eigenvalue weighted by Crippen LogP contribution is -2.43. The summed E-state index contributed by atoms with van der Waals surface area (Å²) in [6.45, 7) is -0.964. The third-order valence-electron chi connectivity index (χ3n) is 3.00. The summed E-state index contributed by atoms with van der Waals surface area (Å²) in [4.78, 5) is 4.73. The van der Waals surface area contributed by atoms with Gasteiger partial charge in [-0.05, 0) is 17.7 Å². The first kappa shape index (κ1) is 15.9. The van der Waals surface area contributed by atoms with Gasteiger partial charge >= 0.3 is 0 Å². The van der Waals surface area contributed by atoms with Crippen LogP contribution >= 0.6 is 24.4 Å². The van der Waals surface area contributed by atoms with E-state index < -0.39 is 36.7 Å². The van der Waals surface area contributed by atoms with Crippen molar-refractivity contribution in [3.63, 3.8) is 0 Å². The quantitative estimate of drug-likeness (QED) is 0.335. The van der Waals surface area contributed by atoms with E-state index in [0.29, 0.717) is 0 Å². The van der Waals surface area contributed by atoms with Crippen molar-refractivity contribution in [1.29, 1.82) is 0 Å². The minimum atomic E-state index is -2.21. The van der Waals surface area contributed by atoms with Gasteiger partial charge in [0.2, 0.25) is 5.72 Å². The molecule has 0 aliphatic carbocycles. The molecule has 1 aliphatic heterocycles. The number of aliphatic hydroxyl groups excluding tert-OH is 2. The van der Waals surface area contributed by atoms with Crippen molar-refractivity contribution in [2.24, 2.45) is 5.11 Å². The van der Waals surface area contributed by atoms with E-state index in [-0.39, 0.29) is 9.41 Å². The summed E-state index contributed by atoms with van der Waals surface area (Å²) in [7, 11) is 0. The van der Waals surface area contributed by atoms with Gasteiger partial charge < -0.3 is 19.9 Å². The van der Waals surface area contributed by atoms with Crippen molar-refractivity contribution in [1.82, 2.24) is 9.55 Å². The van der Waals surface area contributed by atoms with Crippen molar-refractivity contribution in [3.8, 4) is 0 Å². The lowest BCUT2D eigenvalue weighted by Gasteiger charge is -2.23. The van der Waals surface area contributed by atoms with E-state index >= 15 is 0 Å². The van der Waals surface area contributed by atoms with Gasteiger partial charge in [-0.25, -0.2) is 8.78 Å². The molecule has 2 heterocycles. The first-order valence-electron chi connectivity index (χ1n) is 5.54. The summed E-state index contributed by atoms with van der Waals surface area (Å²) in [5.41, 5.74) is 6.23. The molecular weight excluding hydrogens is 328 g/mol. The van der Waals surface area contributed by atoms with Crippen LogP contribution in [0, 0.1) is 15.2 Å². The maximum absolute atomic E-state index is 14.2. The van der Waals surface area contributed by atoms with E-state index in [1.807, 2.05) is 0 Å². The fraction of sp³-hybridized carbons (Fsp3) is 0.556. The van der Waals surface area contributed by atoms with Crippen molar-refractivity contribution in [2.75, 3.05) is 6.61 Å². The van der Waals surface area contributed by atoms with Crippen LogP contribution in [0.1, 0.15) is 6.23 Å². The number of aliphatic hydroxyl groups is 2. The highest BCUT2D eigenvalue weighted by Gasteiger charge is 2.55. The SMILES string of the molecule is [N-]=[N+]=N[C@]1(CO)O[C@@H](n2cc(F)c(=S)[nH]c2=S)C(F)[C@H]1O. The molecule has 4 atom stereocenters. The Kier molecular flexibility index (Phi) is 4.37. The summed E-state index contributed by atoms with van der Waals surface area (Å²) >= 11 is 9.52. The Labute approximate surface area is 126 Å². The normalized spacial score (nSPS) is 31.9. The van der Waals surface area contributed by atoms with E-state index in [1.54, 1.807) is 0 Å². The smallest absolute Gasteiger partial charge is 0.201 e. The molecule has 0 bridgehead atoms. The second-order valence-electron chi connectivity index (χ2n) is 4.23. The van der Waals surface area contributed by atoms with E-state index in [2.05, 4.69) is 27.2 Å². The molecule has 1 saturated heterocycles. The van der Waals surface area contributed by atoms with Gasteiger partial charge in [-0.1, -0.05) is 17.3 Å². The Balaban J connectivity index is 2.52. The molecule has 1 unspecified atom stereocenters. The van der Waals surface area contributed by atoms with Crippen LogP contribution in [0.3, 0.4) is 0 Å². The number of alkyl halides is 1. The third-order valence-corrected chi connectivity index (χ3v) is 3.61. The van der Waals surface area contributed by atoms with E-state index in [4.69, 9.17) is 22.5 Å². The molecule has 1 fully saturated rings. The maximum atomic E-state index is 14.2. The molecule has 1 aromatic rings. The molecule has 1 aliphatic rings. The molecule has 0 saturated carbocycles. The van der Waals surface area contributed by atoms with Gasteiger partial charge in [-0.3, -0.25) is 4.57 Å². The second-order valence-corrected chi connectivity index (χ2v) is 5.03. The number of aromatic nitrogens is 2. The molecule has 0 amide bonds. The lowest BCUT2D eigenvalue weighted by molar-refractivity contribution is -0.124. The number of rotatable bonds is 3. The van der Waals surface area contributed by atoms with Crippen molar-refractivity contribution in [2.45, 2.75) is 24.2 Å². The summed E-state index contributed by atoms with van der Waals surface area (Å²) in [6.07, 6.45) is -4.85. The highest BCUT2D eigenvalue weighted by Crippen LogP contribution is 2.40. The average molecular weight is 337 g/mol. The first-order chi connectivity index (χ1) is 9.86. The van der Waals surface area contributed by atoms with Crippen molar-refractivity contribution < 1.29 is 23.7 Å². The van der Waals surface area contributed by atoms with Gasteiger partial charge in [0.15, 0.2) is 23.0 Å². The molecular formula is C9H9F2N5O3S2. The molecule has 3 N–H and O–H groups in total. The molecule has 0 spiro atoms. The van der Waals surface area contributed by atoms with Gasteiger partial charge in [0.25, 0.3) is 0 Å². The zero-order chi connectivity index (χ0) is 15.8. The van der Waals surface area contributed by atoms with E-state index in [1.165, 1.54) is 0 Å². The second kappa shape index (κ2) is 5.75. The Morgan fingerprint density at radius 3 is 2.86 bits per heavy atom. The number of hydrogen-bond donors (Lipinski definition) is 3. The number of azide groups is 1. The molecule has 12 heteroatoms. The molecule has 0 aromatic carbocycles. The van der Waals surface area contributed by atoms with Crippen LogP contribution in [0.25, 0.3) is 10.4 Å². The van der Waals surface area contributed by atoms with Crippen LogP contribution in [0.4, 0.5) is 8.78 Å². The van der Waals surface area contributed by atoms with Gasteiger partial charge in [0.1, 0.15) is 10.7 Å². The average Bonchev–Trinajstić information content (AvgIpc) is 2.69. The summed E-state index contributed by atoms with van der Waals surface area (Å²) in [5, 5.41) is 22.1. The standard InChI is InChI=1S/C9H9F2N5O3S2/c10-3-1-16(8(21)13-6(3)20)7-4(11)5(18)9(2-17,19-7)14-15-12/h1,4-5,7,17-18H,2H2,(H,13,20,21)/t4?,5-,7-,9-/m1/s1. The number of hydrogen-bond acceptors (Lipinski definition) is 6. The van der Waals surface area contributed by atoms with Gasteiger partial charge in [0.05, 0.1) is 6.61 Å². The number of nitrogens with one attached hydrogen (secondary N) is 1. The summed E-state index contributed by atoms with van der Waals surface area (Å²) in [5.74, 6) is -0.880. The Hall–Kier alpha value is -1.43. The number of halogens is 2. The maximum Gasteiger partial charge on any atom is 0.201 e. The largest absolute Gasteiger partial charge is 0.393 e. The molecule has 1 aromatic heterocycles. The van der Waals surface area contributed by atoms with Crippen LogP contribution in [0.2, 0.25) is 0 Å². The monoisotopic (exact) mass is 337 g/mol. The van der Waals surface area contributed by atoms with Crippen LogP contribution in [0.5, 0.6) is 0 Å². The topological polar surface area (TPSA) is 119 Å². The van der Waals surface area contributed by atoms with Crippen LogP contribution in [-0.2, 0) is 4.74 Å². The number of nitrogens with zero attached hydrogens (tertiary/aromatic N) is 4. The zero-order valence-electron chi connectivity index (χ0n) is 10.2. The van der Waals surface area contributed by atoms with Gasteiger partial charge in [-0.2, -0.15) is 0 Å². The predicted molar refractivity (Wildman–Crippen MR) is 70.4 cm³/mol. The molecule has 0 radical (unpaired) electrons. The highest BCUT2D eigenvalue weighted by molar-refractivity contribution is 7.72. The molecule has 8 nitrogen and oxygen atoms in total. The van der Waals surface area contributed by atoms with Crippen molar-refractivity contribution >= 4 is 24.4 Å². The molecule has 2 rings (SSSR count). The molecule has 114 valence electrons. The fourth-order valence-corrected chi connectivity index (χ4v) is 2.40. The van der Waals surface area contributed by atoms with Gasteiger partial charge in [-0.15, -0.1) is 0 Å². The van der Waals surface area contributed by atoms with Gasteiger partial charge in [0, 0.05) is 11.1 Å². The highest BCUT2D eigenvalue weighted by atomic mass is 32.1. The van der Waals surface area contributed by atoms with Crippen molar-refractivity contribution in [3.05, 3.63) is 31.9 Å². The Morgan fingerprint density at radius 1 is 1.62 bits per heavy atom. The predicted octanol–water partition coefficient (Wildman–Crippen LogP) is 1.64. The molecule has 21 heavy (non-hydrogen) atoms. The number of H-pyrrole nitrogens is 1. The number of aromatic amines is 1. The first-order valence-corrected chi connectivity index (χ1v) is 6.36. The van der Waals surface area contributed by atoms with Crippen LogP contribution in [-0.4, -0.2) is 44.4 Å². The minimum Gasteiger partial charge on any atom is -0.393 e. The Morgan fingerprint density at radius 2 is 2.29 bits per heavy atom. The third kappa shape index (κ3) is 2.57. The number of ether oxygens (including phenoxy) is 1. The summed E-state index contributed by atoms with van der Waals surface area (Å²) in [6, 6.07) is 0. The van der Waals surface area contributed by atoms with Crippen LogP contribution < -0.4 is 0 Å².